The molecule has 0 spiro atoms. The van der Waals surface area contributed by atoms with Crippen molar-refractivity contribution in [2.45, 2.75) is 25.3 Å². The van der Waals surface area contributed by atoms with Crippen LogP contribution >= 0.6 is 22.7 Å². The minimum atomic E-state index is 0.00996. The first kappa shape index (κ1) is 15.5. The van der Waals surface area contributed by atoms with Gasteiger partial charge in [-0.15, -0.1) is 22.7 Å². The standard InChI is InChI=1S/C19H18N2OS2/c1-21(16-9-4-7-13-6-2-3-8-14(13)16)19(22)15-12-24-18(20-15)17-10-5-11-23-17/h2-3,5-6,8,10-12,16H,4,7,9H2,1H3/t16-/m1/s1. The highest BCUT2D eigenvalue weighted by atomic mass is 32.1. The van der Waals surface area contributed by atoms with Gasteiger partial charge in [0.15, 0.2) is 0 Å². The first-order valence-electron chi connectivity index (χ1n) is 8.08. The third-order valence-electron chi connectivity index (χ3n) is 4.58. The second-order valence-corrected chi connectivity index (χ2v) is 7.84. The van der Waals surface area contributed by atoms with Crippen molar-refractivity contribution in [1.82, 2.24) is 9.88 Å². The van der Waals surface area contributed by atoms with Gasteiger partial charge in [-0.3, -0.25) is 4.79 Å². The number of thiazole rings is 1. The van der Waals surface area contributed by atoms with E-state index in [-0.39, 0.29) is 11.9 Å². The van der Waals surface area contributed by atoms with Crippen LogP contribution < -0.4 is 0 Å². The molecule has 5 heteroatoms. The molecule has 24 heavy (non-hydrogen) atoms. The van der Waals surface area contributed by atoms with Crippen LogP contribution in [0.2, 0.25) is 0 Å². The number of benzene rings is 1. The van der Waals surface area contributed by atoms with E-state index in [4.69, 9.17) is 0 Å². The number of aromatic nitrogens is 1. The molecule has 0 saturated carbocycles. The van der Waals surface area contributed by atoms with Gasteiger partial charge < -0.3 is 4.90 Å². The highest BCUT2D eigenvalue weighted by molar-refractivity contribution is 7.20. The van der Waals surface area contributed by atoms with Crippen molar-refractivity contribution < 1.29 is 4.79 Å². The Morgan fingerprint density at radius 3 is 2.92 bits per heavy atom. The first-order chi connectivity index (χ1) is 11.7. The molecule has 3 aromatic rings. The van der Waals surface area contributed by atoms with Crippen LogP contribution in [0.5, 0.6) is 0 Å². The molecular weight excluding hydrogens is 336 g/mol. The summed E-state index contributed by atoms with van der Waals surface area (Å²) in [6.07, 6.45) is 3.24. The van der Waals surface area contributed by atoms with Crippen LogP contribution in [0.25, 0.3) is 9.88 Å². The Labute approximate surface area is 149 Å². The molecule has 0 aliphatic heterocycles. The van der Waals surface area contributed by atoms with E-state index in [0.717, 1.165) is 29.1 Å². The van der Waals surface area contributed by atoms with Gasteiger partial charge in [-0.25, -0.2) is 4.98 Å². The number of aryl methyl sites for hydroxylation is 1. The lowest BCUT2D eigenvalue weighted by molar-refractivity contribution is 0.0710. The number of carbonyl (C=O) groups excluding carboxylic acids is 1. The molecule has 0 fully saturated rings. The zero-order valence-corrected chi connectivity index (χ0v) is 15.1. The normalized spacial score (nSPS) is 16.6. The van der Waals surface area contributed by atoms with E-state index >= 15 is 0 Å². The lowest BCUT2D eigenvalue weighted by Crippen LogP contribution is -2.33. The molecule has 1 aliphatic rings. The van der Waals surface area contributed by atoms with Gasteiger partial charge in [-0.2, -0.15) is 0 Å². The lowest BCUT2D eigenvalue weighted by Gasteiger charge is -2.33. The lowest BCUT2D eigenvalue weighted by atomic mass is 9.87. The predicted molar refractivity (Wildman–Crippen MR) is 99.6 cm³/mol. The molecule has 0 bridgehead atoms. The number of carbonyl (C=O) groups is 1. The molecule has 1 atom stereocenters. The highest BCUT2D eigenvalue weighted by Gasteiger charge is 2.28. The maximum Gasteiger partial charge on any atom is 0.273 e. The first-order valence-corrected chi connectivity index (χ1v) is 9.84. The van der Waals surface area contributed by atoms with Crippen LogP contribution in [0.15, 0.2) is 47.2 Å². The van der Waals surface area contributed by atoms with Crippen molar-refractivity contribution in [2.75, 3.05) is 7.05 Å². The predicted octanol–water partition coefficient (Wildman–Crippen LogP) is 5.02. The average Bonchev–Trinajstić information content (AvgIpc) is 3.31. The third-order valence-corrected chi connectivity index (χ3v) is 6.46. The molecule has 3 nitrogen and oxygen atoms in total. The van der Waals surface area contributed by atoms with E-state index in [0.29, 0.717) is 5.69 Å². The minimum Gasteiger partial charge on any atom is -0.333 e. The molecular formula is C19H18N2OS2. The molecule has 1 aromatic carbocycles. The number of rotatable bonds is 3. The second kappa shape index (κ2) is 6.49. The summed E-state index contributed by atoms with van der Waals surface area (Å²) in [5, 5.41) is 4.83. The fourth-order valence-electron chi connectivity index (χ4n) is 3.34. The van der Waals surface area contributed by atoms with Crippen molar-refractivity contribution in [1.29, 1.82) is 0 Å². The number of nitrogens with zero attached hydrogens (tertiary/aromatic N) is 2. The summed E-state index contributed by atoms with van der Waals surface area (Å²) in [6.45, 7) is 0. The van der Waals surface area contributed by atoms with Gasteiger partial charge in [-0.1, -0.05) is 30.3 Å². The molecule has 0 N–H and O–H groups in total. The van der Waals surface area contributed by atoms with Crippen LogP contribution in [-0.2, 0) is 6.42 Å². The Morgan fingerprint density at radius 1 is 1.21 bits per heavy atom. The summed E-state index contributed by atoms with van der Waals surface area (Å²) in [5.41, 5.74) is 3.20. The van der Waals surface area contributed by atoms with Crippen LogP contribution in [0.4, 0.5) is 0 Å². The second-order valence-electron chi connectivity index (χ2n) is 6.04. The van der Waals surface area contributed by atoms with Gasteiger partial charge in [0.25, 0.3) is 5.91 Å². The van der Waals surface area contributed by atoms with E-state index in [1.807, 2.05) is 34.8 Å². The summed E-state index contributed by atoms with van der Waals surface area (Å²) in [4.78, 5) is 20.5. The fraction of sp³-hybridized carbons (Fsp3) is 0.263. The minimum absolute atomic E-state index is 0.00996. The Morgan fingerprint density at radius 2 is 2.08 bits per heavy atom. The van der Waals surface area contributed by atoms with Gasteiger partial charge in [0, 0.05) is 12.4 Å². The summed E-state index contributed by atoms with van der Waals surface area (Å²) < 4.78 is 0. The van der Waals surface area contributed by atoms with Crippen LogP contribution in [0, 0.1) is 0 Å². The maximum absolute atomic E-state index is 12.9. The van der Waals surface area contributed by atoms with Gasteiger partial charge in [-0.05, 0) is 41.8 Å². The number of hydrogen-bond donors (Lipinski definition) is 0. The monoisotopic (exact) mass is 354 g/mol. The molecule has 1 aliphatic carbocycles. The zero-order valence-electron chi connectivity index (χ0n) is 13.4. The van der Waals surface area contributed by atoms with Crippen LogP contribution in [0.3, 0.4) is 0 Å². The van der Waals surface area contributed by atoms with E-state index in [9.17, 15) is 4.79 Å². The zero-order chi connectivity index (χ0) is 16.5. The summed E-state index contributed by atoms with van der Waals surface area (Å²) in [5.74, 6) is 0.00996. The molecule has 0 radical (unpaired) electrons. The fourth-order valence-corrected chi connectivity index (χ4v) is 4.95. The van der Waals surface area contributed by atoms with Crippen molar-refractivity contribution in [3.8, 4) is 9.88 Å². The van der Waals surface area contributed by atoms with Crippen LogP contribution in [-0.4, -0.2) is 22.8 Å². The van der Waals surface area contributed by atoms with Gasteiger partial charge >= 0.3 is 0 Å². The van der Waals surface area contributed by atoms with Gasteiger partial charge in [0.1, 0.15) is 10.7 Å². The molecule has 0 unspecified atom stereocenters. The van der Waals surface area contributed by atoms with Crippen molar-refractivity contribution in [3.05, 3.63) is 64.0 Å². The Bertz CT molecular complexity index is 854. The molecule has 4 rings (SSSR count). The van der Waals surface area contributed by atoms with Crippen molar-refractivity contribution in [2.24, 2.45) is 0 Å². The van der Waals surface area contributed by atoms with Gasteiger partial charge in [0.05, 0.1) is 10.9 Å². The largest absolute Gasteiger partial charge is 0.333 e. The average molecular weight is 355 g/mol. The van der Waals surface area contributed by atoms with E-state index in [2.05, 4.69) is 29.2 Å². The summed E-state index contributed by atoms with van der Waals surface area (Å²) >= 11 is 3.19. The highest BCUT2D eigenvalue weighted by Crippen LogP contribution is 2.35. The smallest absolute Gasteiger partial charge is 0.273 e. The van der Waals surface area contributed by atoms with E-state index < -0.39 is 0 Å². The number of thiophene rings is 1. The topological polar surface area (TPSA) is 33.2 Å². The SMILES string of the molecule is CN(C(=O)c1csc(-c2cccs2)n1)[C@@H]1CCCc2ccccc21. The van der Waals surface area contributed by atoms with E-state index in [1.165, 1.54) is 22.5 Å². The van der Waals surface area contributed by atoms with Crippen LogP contribution in [0.1, 0.15) is 40.5 Å². The molecule has 0 saturated heterocycles. The number of fused-ring (bicyclic) bond motifs is 1. The number of hydrogen-bond acceptors (Lipinski definition) is 4. The number of amides is 1. The Balaban J connectivity index is 1.59. The Hall–Kier alpha value is -1.98. The molecule has 2 aromatic heterocycles. The molecule has 122 valence electrons. The van der Waals surface area contributed by atoms with Gasteiger partial charge in [0.2, 0.25) is 0 Å². The molecule has 1 amide bonds. The Kier molecular flexibility index (Phi) is 4.21. The van der Waals surface area contributed by atoms with Crippen molar-refractivity contribution in [3.63, 3.8) is 0 Å². The molecule has 2 heterocycles. The maximum atomic E-state index is 12.9. The quantitative estimate of drug-likeness (QED) is 0.661. The summed E-state index contributed by atoms with van der Waals surface area (Å²) in [7, 11) is 1.90. The van der Waals surface area contributed by atoms with E-state index in [1.54, 1.807) is 11.3 Å². The van der Waals surface area contributed by atoms with Crippen molar-refractivity contribution >= 4 is 28.6 Å². The third kappa shape index (κ3) is 2.78. The summed E-state index contributed by atoms with van der Waals surface area (Å²) in [6, 6.07) is 12.7.